The molecule has 0 aliphatic heterocycles. The minimum Gasteiger partial charge on any atom is -0.481 e. The Bertz CT molecular complexity index is 370. The fourth-order valence-corrected chi connectivity index (χ4v) is 1.36. The molecule has 0 heterocycles. The van der Waals surface area contributed by atoms with E-state index in [9.17, 15) is 4.79 Å². The summed E-state index contributed by atoms with van der Waals surface area (Å²) >= 11 is 0. The molecule has 1 rings (SSSR count). The van der Waals surface area contributed by atoms with Gasteiger partial charge in [-0.3, -0.25) is 4.79 Å². The quantitative estimate of drug-likeness (QED) is 0.820. The van der Waals surface area contributed by atoms with E-state index in [1.165, 1.54) is 5.57 Å². The van der Waals surface area contributed by atoms with E-state index in [-0.39, 0.29) is 0 Å². The van der Waals surface area contributed by atoms with Crippen molar-refractivity contribution in [2.24, 2.45) is 0 Å². The average molecular weight is 204 g/mol. The van der Waals surface area contributed by atoms with Crippen LogP contribution in [0.2, 0.25) is 0 Å². The van der Waals surface area contributed by atoms with Crippen molar-refractivity contribution < 1.29 is 9.90 Å². The predicted octanol–water partition coefficient (Wildman–Crippen LogP) is 3.30. The maximum atomic E-state index is 10.8. The third-order valence-corrected chi connectivity index (χ3v) is 2.26. The van der Waals surface area contributed by atoms with Crippen molar-refractivity contribution in [3.63, 3.8) is 0 Å². The summed E-state index contributed by atoms with van der Waals surface area (Å²) in [7, 11) is 0. The Morgan fingerprint density at radius 1 is 1.27 bits per heavy atom. The number of hydrogen-bond donors (Lipinski definition) is 1. The molecule has 1 atom stereocenters. The number of aliphatic carboxylic acids is 1. The van der Waals surface area contributed by atoms with Gasteiger partial charge in [0.2, 0.25) is 0 Å². The molecule has 15 heavy (non-hydrogen) atoms. The highest BCUT2D eigenvalue weighted by Crippen LogP contribution is 2.17. The van der Waals surface area contributed by atoms with Crippen molar-refractivity contribution >= 4 is 12.0 Å². The van der Waals surface area contributed by atoms with E-state index in [1.807, 2.05) is 38.1 Å². The van der Waals surface area contributed by atoms with Crippen molar-refractivity contribution in [1.29, 1.82) is 0 Å². The maximum Gasteiger partial charge on any atom is 0.310 e. The molecule has 2 nitrogen and oxygen atoms in total. The largest absolute Gasteiger partial charge is 0.481 e. The smallest absolute Gasteiger partial charge is 0.310 e. The lowest BCUT2D eigenvalue weighted by atomic mass is 10.00. The Labute approximate surface area is 90.3 Å². The lowest BCUT2D eigenvalue weighted by molar-refractivity contribution is -0.138. The van der Waals surface area contributed by atoms with Crippen LogP contribution in [0.3, 0.4) is 0 Å². The molecule has 0 saturated heterocycles. The molecule has 0 unspecified atom stereocenters. The van der Waals surface area contributed by atoms with Crippen molar-refractivity contribution in [2.75, 3.05) is 0 Å². The predicted molar refractivity (Wildman–Crippen MR) is 61.8 cm³/mol. The first-order valence-electron chi connectivity index (χ1n) is 4.98. The molecule has 1 aromatic rings. The summed E-state index contributed by atoms with van der Waals surface area (Å²) < 4.78 is 0. The number of carboxylic acid groups (broad SMARTS) is 1. The second-order valence-electron chi connectivity index (χ2n) is 3.95. The van der Waals surface area contributed by atoms with Gasteiger partial charge in [-0.25, -0.2) is 0 Å². The molecule has 0 aliphatic rings. The van der Waals surface area contributed by atoms with Gasteiger partial charge in [-0.2, -0.15) is 0 Å². The van der Waals surface area contributed by atoms with E-state index in [0.717, 1.165) is 11.1 Å². The van der Waals surface area contributed by atoms with E-state index in [1.54, 1.807) is 6.92 Å². The van der Waals surface area contributed by atoms with Gasteiger partial charge in [-0.05, 0) is 31.9 Å². The molecular formula is C13H16O2. The molecule has 0 aliphatic carbocycles. The van der Waals surface area contributed by atoms with Crippen LogP contribution in [-0.2, 0) is 4.79 Å². The molecule has 1 N–H and O–H groups in total. The van der Waals surface area contributed by atoms with Crippen LogP contribution in [0.5, 0.6) is 0 Å². The van der Waals surface area contributed by atoms with Crippen LogP contribution in [0.4, 0.5) is 0 Å². The van der Waals surface area contributed by atoms with Gasteiger partial charge in [0, 0.05) is 0 Å². The van der Waals surface area contributed by atoms with Crippen molar-refractivity contribution in [1.82, 2.24) is 0 Å². The highest BCUT2D eigenvalue weighted by Gasteiger charge is 2.12. The van der Waals surface area contributed by atoms with E-state index in [4.69, 9.17) is 5.11 Å². The molecule has 2 heteroatoms. The minimum absolute atomic E-state index is 0.439. The van der Waals surface area contributed by atoms with Crippen LogP contribution < -0.4 is 0 Å². The summed E-state index contributed by atoms with van der Waals surface area (Å²) in [4.78, 5) is 10.8. The number of rotatable bonds is 3. The summed E-state index contributed by atoms with van der Waals surface area (Å²) in [5.74, 6) is -1.23. The van der Waals surface area contributed by atoms with E-state index >= 15 is 0 Å². The van der Waals surface area contributed by atoms with E-state index in [0.29, 0.717) is 0 Å². The Morgan fingerprint density at radius 2 is 1.80 bits per heavy atom. The van der Waals surface area contributed by atoms with Gasteiger partial charge < -0.3 is 5.11 Å². The lowest BCUT2D eigenvalue weighted by Crippen LogP contribution is -2.06. The number of carbonyl (C=O) groups is 1. The zero-order chi connectivity index (χ0) is 11.4. The third-order valence-electron chi connectivity index (χ3n) is 2.26. The zero-order valence-electron chi connectivity index (χ0n) is 9.32. The van der Waals surface area contributed by atoms with Gasteiger partial charge in [0.05, 0.1) is 5.92 Å². The van der Waals surface area contributed by atoms with Gasteiger partial charge in [-0.1, -0.05) is 35.9 Å². The van der Waals surface area contributed by atoms with Crippen LogP contribution in [0.1, 0.15) is 37.8 Å². The molecule has 0 bridgehead atoms. The molecule has 0 radical (unpaired) electrons. The van der Waals surface area contributed by atoms with Gasteiger partial charge in [0.15, 0.2) is 0 Å². The second kappa shape index (κ2) is 4.78. The highest BCUT2D eigenvalue weighted by molar-refractivity contribution is 5.75. The highest BCUT2D eigenvalue weighted by atomic mass is 16.4. The number of carboxylic acids is 1. The molecule has 0 aromatic heterocycles. The van der Waals surface area contributed by atoms with Crippen molar-refractivity contribution in [3.05, 3.63) is 41.0 Å². The fraction of sp³-hybridized carbons (Fsp3) is 0.308. The number of benzene rings is 1. The molecule has 0 fully saturated rings. The van der Waals surface area contributed by atoms with Crippen molar-refractivity contribution in [2.45, 2.75) is 26.7 Å². The number of hydrogen-bond acceptors (Lipinski definition) is 1. The first-order chi connectivity index (χ1) is 7.00. The van der Waals surface area contributed by atoms with Gasteiger partial charge in [-0.15, -0.1) is 0 Å². The second-order valence-corrected chi connectivity index (χ2v) is 3.95. The van der Waals surface area contributed by atoms with Crippen LogP contribution >= 0.6 is 0 Å². The SMILES string of the molecule is CC(C)=Cc1ccc([C@H](C)C(=O)O)cc1. The van der Waals surface area contributed by atoms with E-state index < -0.39 is 11.9 Å². The molecule has 0 saturated carbocycles. The van der Waals surface area contributed by atoms with Gasteiger partial charge in [0.1, 0.15) is 0 Å². The van der Waals surface area contributed by atoms with Crippen molar-refractivity contribution in [3.8, 4) is 0 Å². The summed E-state index contributed by atoms with van der Waals surface area (Å²) in [6.45, 7) is 5.76. The summed E-state index contributed by atoms with van der Waals surface area (Å²) in [5, 5.41) is 8.84. The standard InChI is InChI=1S/C13H16O2/c1-9(2)8-11-4-6-12(7-5-11)10(3)13(14)15/h4-8,10H,1-3H3,(H,14,15)/t10-/m0/s1. The molecule has 0 amide bonds. The monoisotopic (exact) mass is 204 g/mol. The normalized spacial score (nSPS) is 11.9. The Kier molecular flexibility index (Phi) is 3.67. The average Bonchev–Trinajstić information content (AvgIpc) is 2.17. The maximum absolute atomic E-state index is 10.8. The third kappa shape index (κ3) is 3.24. The first-order valence-corrected chi connectivity index (χ1v) is 4.98. The van der Waals surface area contributed by atoms with Crippen LogP contribution in [-0.4, -0.2) is 11.1 Å². The van der Waals surface area contributed by atoms with Crippen LogP contribution in [0, 0.1) is 0 Å². The zero-order valence-corrected chi connectivity index (χ0v) is 9.32. The molecular weight excluding hydrogens is 188 g/mol. The van der Waals surface area contributed by atoms with Crippen LogP contribution in [0.25, 0.3) is 6.08 Å². The molecule has 1 aromatic carbocycles. The molecule has 80 valence electrons. The van der Waals surface area contributed by atoms with Gasteiger partial charge >= 0.3 is 5.97 Å². The Balaban J connectivity index is 2.90. The van der Waals surface area contributed by atoms with Gasteiger partial charge in [0.25, 0.3) is 0 Å². The van der Waals surface area contributed by atoms with E-state index in [2.05, 4.69) is 6.08 Å². The Morgan fingerprint density at radius 3 is 2.20 bits per heavy atom. The Hall–Kier alpha value is -1.57. The fourth-order valence-electron chi connectivity index (χ4n) is 1.36. The first kappa shape index (κ1) is 11.5. The lowest BCUT2D eigenvalue weighted by Gasteiger charge is -2.06. The summed E-state index contributed by atoms with van der Waals surface area (Å²) in [5.41, 5.74) is 3.18. The summed E-state index contributed by atoms with van der Waals surface area (Å²) in [6, 6.07) is 7.63. The summed E-state index contributed by atoms with van der Waals surface area (Å²) in [6.07, 6.45) is 2.06. The minimum atomic E-state index is -0.787. The van der Waals surface area contributed by atoms with Crippen LogP contribution in [0.15, 0.2) is 29.8 Å². The molecule has 0 spiro atoms. The number of allylic oxidation sites excluding steroid dienone is 1. The topological polar surface area (TPSA) is 37.3 Å².